The molecule has 1 aromatic carbocycles. The molecule has 0 unspecified atom stereocenters. The molecular weight excluding hydrogens is 292 g/mol. The Morgan fingerprint density at radius 2 is 2.09 bits per heavy atom. The Morgan fingerprint density at radius 3 is 2.74 bits per heavy atom. The van der Waals surface area contributed by atoms with E-state index in [1.165, 1.54) is 5.56 Å². The minimum absolute atomic E-state index is 0.102. The van der Waals surface area contributed by atoms with E-state index in [1.807, 2.05) is 31.2 Å². The van der Waals surface area contributed by atoms with Crippen LogP contribution in [0.25, 0.3) is 10.4 Å². The Labute approximate surface area is 137 Å². The number of ether oxygens (including phenoxy) is 2. The Morgan fingerprint density at radius 1 is 1.30 bits per heavy atom. The molecule has 6 heteroatoms. The van der Waals surface area contributed by atoms with Crippen molar-refractivity contribution in [3.63, 3.8) is 0 Å². The van der Waals surface area contributed by atoms with Crippen molar-refractivity contribution in [1.29, 1.82) is 0 Å². The maximum atomic E-state index is 8.73. The second kappa shape index (κ2) is 9.06. The van der Waals surface area contributed by atoms with Crippen LogP contribution in [0.5, 0.6) is 5.75 Å². The van der Waals surface area contributed by atoms with Crippen LogP contribution in [-0.2, 0) is 11.3 Å². The number of hydrogen-bond acceptors (Lipinski definition) is 4. The molecule has 0 amide bonds. The lowest BCUT2D eigenvalue weighted by Crippen LogP contribution is -2.25. The minimum atomic E-state index is -0.165. The highest BCUT2D eigenvalue weighted by Gasteiger charge is 2.32. The summed E-state index contributed by atoms with van der Waals surface area (Å²) in [6.45, 7) is 4.61. The topological polar surface area (TPSA) is 70.5 Å². The lowest BCUT2D eigenvalue weighted by molar-refractivity contribution is 0.0742. The average molecular weight is 314 g/mol. The van der Waals surface area contributed by atoms with Gasteiger partial charge in [0.2, 0.25) is 0 Å². The fraction of sp³-hybridized carbons (Fsp3) is 0.529. The molecule has 0 radical (unpaired) electrons. The lowest BCUT2D eigenvalue weighted by Gasteiger charge is -2.16. The molecule has 0 bridgehead atoms. The summed E-state index contributed by atoms with van der Waals surface area (Å²) in [5, 5.41) is 3.87. The fourth-order valence-electron chi connectivity index (χ4n) is 2.62. The van der Waals surface area contributed by atoms with Gasteiger partial charge >= 0.3 is 0 Å². The molecule has 1 aliphatic heterocycles. The van der Waals surface area contributed by atoms with Crippen molar-refractivity contribution in [2.75, 3.05) is 26.8 Å². The quantitative estimate of drug-likeness (QED) is 0.351. The standard InChI is InChI=1S/C17H22N4O2/c1-3-4-5-10-23-17-13-21(12-16(17)19-20-18)11-14-6-8-15(22-2)9-7-14/h6-9,16-17H,3,10-13H2,1-2H3/t16-,17-/m1/s1. The van der Waals surface area contributed by atoms with E-state index in [9.17, 15) is 0 Å². The number of methoxy groups -OCH3 is 1. The molecule has 0 aliphatic carbocycles. The maximum Gasteiger partial charge on any atom is 0.118 e. The zero-order chi connectivity index (χ0) is 16.5. The first-order chi connectivity index (χ1) is 11.3. The Kier molecular flexibility index (Phi) is 6.76. The van der Waals surface area contributed by atoms with E-state index in [0.29, 0.717) is 13.2 Å². The number of benzene rings is 1. The van der Waals surface area contributed by atoms with E-state index in [1.54, 1.807) is 7.11 Å². The number of azide groups is 1. The Bertz CT molecular complexity index is 599. The molecule has 1 aromatic rings. The minimum Gasteiger partial charge on any atom is -0.497 e. The highest BCUT2D eigenvalue weighted by Crippen LogP contribution is 2.20. The van der Waals surface area contributed by atoms with Gasteiger partial charge in [0, 0.05) is 31.0 Å². The molecule has 2 rings (SSSR count). The molecule has 0 N–H and O–H groups in total. The molecule has 2 atom stereocenters. The second-order valence-corrected chi connectivity index (χ2v) is 5.37. The van der Waals surface area contributed by atoms with Gasteiger partial charge in [-0.3, -0.25) is 4.90 Å². The van der Waals surface area contributed by atoms with Crippen molar-refractivity contribution in [2.45, 2.75) is 32.0 Å². The third-order valence-corrected chi connectivity index (χ3v) is 3.75. The maximum absolute atomic E-state index is 8.73. The SMILES string of the molecule is CCC#CCO[C@@H]1CN(Cc2ccc(OC)cc2)C[C@H]1N=[N+]=[N-]. The van der Waals surface area contributed by atoms with Crippen molar-refractivity contribution >= 4 is 0 Å². The van der Waals surface area contributed by atoms with Crippen LogP contribution in [0.2, 0.25) is 0 Å². The van der Waals surface area contributed by atoms with Crippen molar-refractivity contribution in [2.24, 2.45) is 5.11 Å². The van der Waals surface area contributed by atoms with Gasteiger partial charge < -0.3 is 9.47 Å². The average Bonchev–Trinajstić information content (AvgIpc) is 2.94. The fourth-order valence-corrected chi connectivity index (χ4v) is 2.62. The largest absolute Gasteiger partial charge is 0.497 e. The van der Waals surface area contributed by atoms with Crippen LogP contribution in [0.3, 0.4) is 0 Å². The summed E-state index contributed by atoms with van der Waals surface area (Å²) in [5.41, 5.74) is 9.92. The third kappa shape index (κ3) is 5.19. The molecule has 23 heavy (non-hydrogen) atoms. The molecule has 1 fully saturated rings. The van der Waals surface area contributed by atoms with E-state index in [4.69, 9.17) is 15.0 Å². The number of hydrogen-bond donors (Lipinski definition) is 0. The molecule has 0 aromatic heterocycles. The van der Waals surface area contributed by atoms with Crippen molar-refractivity contribution in [3.8, 4) is 17.6 Å². The number of nitrogens with zero attached hydrogens (tertiary/aromatic N) is 4. The van der Waals surface area contributed by atoms with Crippen LogP contribution in [0, 0.1) is 11.8 Å². The zero-order valence-corrected chi connectivity index (χ0v) is 13.6. The van der Waals surface area contributed by atoms with Gasteiger partial charge in [-0.25, -0.2) is 0 Å². The third-order valence-electron chi connectivity index (χ3n) is 3.75. The number of rotatable bonds is 6. The molecule has 6 nitrogen and oxygen atoms in total. The van der Waals surface area contributed by atoms with Gasteiger partial charge in [0.15, 0.2) is 0 Å². The summed E-state index contributed by atoms with van der Waals surface area (Å²) in [6.07, 6.45) is 0.715. The van der Waals surface area contributed by atoms with Crippen LogP contribution in [-0.4, -0.2) is 43.9 Å². The van der Waals surface area contributed by atoms with E-state index in [2.05, 4.69) is 26.8 Å². The van der Waals surface area contributed by atoms with Crippen LogP contribution < -0.4 is 4.74 Å². The molecular formula is C17H22N4O2. The summed E-state index contributed by atoms with van der Waals surface area (Å²) in [5.74, 6) is 6.78. The molecule has 122 valence electrons. The summed E-state index contributed by atoms with van der Waals surface area (Å²) >= 11 is 0. The number of likely N-dealkylation sites (tertiary alicyclic amines) is 1. The monoisotopic (exact) mass is 314 g/mol. The van der Waals surface area contributed by atoms with Crippen molar-refractivity contribution < 1.29 is 9.47 Å². The molecule has 1 aliphatic rings. The van der Waals surface area contributed by atoms with Crippen LogP contribution in [0.15, 0.2) is 29.4 Å². The van der Waals surface area contributed by atoms with E-state index < -0.39 is 0 Å². The zero-order valence-electron chi connectivity index (χ0n) is 13.6. The first-order valence-corrected chi connectivity index (χ1v) is 7.73. The van der Waals surface area contributed by atoms with Gasteiger partial charge in [-0.1, -0.05) is 30.1 Å². The molecule has 1 heterocycles. The van der Waals surface area contributed by atoms with E-state index in [-0.39, 0.29) is 12.1 Å². The first kappa shape index (κ1) is 17.2. The van der Waals surface area contributed by atoms with Crippen LogP contribution in [0.1, 0.15) is 18.9 Å². The predicted molar refractivity (Wildman–Crippen MR) is 89.0 cm³/mol. The van der Waals surface area contributed by atoms with Gasteiger partial charge in [0.25, 0.3) is 0 Å². The normalized spacial score (nSPS) is 20.4. The molecule has 0 saturated carbocycles. The van der Waals surface area contributed by atoms with Crippen molar-refractivity contribution in [3.05, 3.63) is 40.3 Å². The smallest absolute Gasteiger partial charge is 0.118 e. The summed E-state index contributed by atoms with van der Waals surface area (Å²) < 4.78 is 10.9. The lowest BCUT2D eigenvalue weighted by atomic mass is 10.2. The predicted octanol–water partition coefficient (Wildman–Crippen LogP) is 2.99. The Balaban J connectivity index is 1.93. The summed E-state index contributed by atoms with van der Waals surface area (Å²) in [7, 11) is 1.66. The van der Waals surface area contributed by atoms with Crippen LogP contribution >= 0.6 is 0 Å². The van der Waals surface area contributed by atoms with Gasteiger partial charge in [0.05, 0.1) is 19.3 Å². The summed E-state index contributed by atoms with van der Waals surface area (Å²) in [6, 6.07) is 7.82. The van der Waals surface area contributed by atoms with Crippen LogP contribution in [0.4, 0.5) is 0 Å². The van der Waals surface area contributed by atoms with Gasteiger partial charge in [-0.15, -0.1) is 5.92 Å². The second-order valence-electron chi connectivity index (χ2n) is 5.37. The highest BCUT2D eigenvalue weighted by atomic mass is 16.5. The van der Waals surface area contributed by atoms with Crippen molar-refractivity contribution in [1.82, 2.24) is 4.90 Å². The van der Waals surface area contributed by atoms with Gasteiger partial charge in [-0.05, 0) is 23.2 Å². The highest BCUT2D eigenvalue weighted by molar-refractivity contribution is 5.27. The van der Waals surface area contributed by atoms with E-state index >= 15 is 0 Å². The van der Waals surface area contributed by atoms with E-state index in [0.717, 1.165) is 25.3 Å². The summed E-state index contributed by atoms with van der Waals surface area (Å²) in [4.78, 5) is 5.18. The van der Waals surface area contributed by atoms with Gasteiger partial charge in [-0.2, -0.15) is 0 Å². The Hall–Kier alpha value is -2.19. The molecule has 0 spiro atoms. The van der Waals surface area contributed by atoms with Gasteiger partial charge in [0.1, 0.15) is 12.4 Å². The molecule has 1 saturated heterocycles. The first-order valence-electron chi connectivity index (χ1n) is 7.73.